The van der Waals surface area contributed by atoms with Crippen LogP contribution in [0.3, 0.4) is 0 Å². The number of rotatable bonds is 3. The number of Topliss-reactive ketones (excluding diaryl/α,β-unsaturated/α-hetero) is 3. The molecule has 1 fully saturated rings. The van der Waals surface area contributed by atoms with E-state index in [9.17, 15) is 14.4 Å². The number of carbonyl (C=O) groups is 3. The lowest BCUT2D eigenvalue weighted by atomic mass is 9.69. The molecule has 3 rings (SSSR count). The second kappa shape index (κ2) is 5.94. The lowest BCUT2D eigenvalue weighted by molar-refractivity contribution is -0.137. The maximum atomic E-state index is 12.7. The van der Waals surface area contributed by atoms with E-state index in [0.717, 1.165) is 0 Å². The SMILES string of the molecule is CC1(C)CC(=O)C(C(=O)c2ccc(-c3ncn[nH]3)cc2Cl)C(=O)C1. The fourth-order valence-electron chi connectivity index (χ4n) is 3.04. The number of benzene rings is 1. The van der Waals surface area contributed by atoms with Crippen molar-refractivity contribution in [2.75, 3.05) is 0 Å². The Bertz CT molecular complexity index is 808. The molecule has 1 aromatic heterocycles. The molecule has 0 aliphatic heterocycles. The summed E-state index contributed by atoms with van der Waals surface area (Å²) < 4.78 is 0. The van der Waals surface area contributed by atoms with Crippen LogP contribution in [0.1, 0.15) is 37.0 Å². The van der Waals surface area contributed by atoms with Crippen LogP contribution in [0.4, 0.5) is 0 Å². The maximum Gasteiger partial charge on any atom is 0.182 e. The number of nitrogens with zero attached hydrogens (tertiary/aromatic N) is 2. The van der Waals surface area contributed by atoms with E-state index in [-0.39, 0.29) is 35.0 Å². The van der Waals surface area contributed by atoms with Gasteiger partial charge in [-0.1, -0.05) is 31.5 Å². The minimum absolute atomic E-state index is 0.173. The zero-order valence-electron chi connectivity index (χ0n) is 13.3. The quantitative estimate of drug-likeness (QED) is 0.682. The molecule has 0 amide bonds. The molecule has 1 aromatic carbocycles. The van der Waals surface area contributed by atoms with Crippen LogP contribution in [0.2, 0.25) is 5.02 Å². The molecule has 6 nitrogen and oxygen atoms in total. The van der Waals surface area contributed by atoms with E-state index in [1.54, 1.807) is 12.1 Å². The van der Waals surface area contributed by atoms with Gasteiger partial charge in [-0.2, -0.15) is 5.10 Å². The Hall–Kier alpha value is -2.34. The average Bonchev–Trinajstić information content (AvgIpc) is 2.98. The van der Waals surface area contributed by atoms with Crippen molar-refractivity contribution < 1.29 is 14.4 Å². The van der Waals surface area contributed by atoms with E-state index in [2.05, 4.69) is 15.2 Å². The summed E-state index contributed by atoms with van der Waals surface area (Å²) in [7, 11) is 0. The van der Waals surface area contributed by atoms with Crippen LogP contribution in [-0.4, -0.2) is 32.5 Å². The number of nitrogens with one attached hydrogen (secondary N) is 1. The Kier molecular flexibility index (Phi) is 4.09. The zero-order chi connectivity index (χ0) is 17.5. The molecule has 1 saturated carbocycles. The van der Waals surface area contributed by atoms with Crippen molar-refractivity contribution in [1.82, 2.24) is 15.2 Å². The van der Waals surface area contributed by atoms with E-state index in [1.807, 2.05) is 13.8 Å². The van der Waals surface area contributed by atoms with Gasteiger partial charge >= 0.3 is 0 Å². The molecule has 124 valence electrons. The molecule has 1 N–H and O–H groups in total. The van der Waals surface area contributed by atoms with Crippen molar-refractivity contribution in [2.24, 2.45) is 11.3 Å². The molecule has 2 aromatic rings. The van der Waals surface area contributed by atoms with Crippen LogP contribution in [-0.2, 0) is 9.59 Å². The molecule has 7 heteroatoms. The highest BCUT2D eigenvalue weighted by Crippen LogP contribution is 2.36. The number of hydrogen-bond acceptors (Lipinski definition) is 5. The van der Waals surface area contributed by atoms with Gasteiger partial charge in [-0.3, -0.25) is 19.5 Å². The predicted molar refractivity (Wildman–Crippen MR) is 87.7 cm³/mol. The summed E-state index contributed by atoms with van der Waals surface area (Å²) in [6.45, 7) is 3.70. The number of halogens is 1. The minimum atomic E-state index is -1.24. The maximum absolute atomic E-state index is 12.7. The van der Waals surface area contributed by atoms with Gasteiger partial charge in [-0.25, -0.2) is 4.98 Å². The lowest BCUT2D eigenvalue weighted by Crippen LogP contribution is -2.41. The number of ketones is 3. The Morgan fingerprint density at radius 3 is 2.46 bits per heavy atom. The highest BCUT2D eigenvalue weighted by Gasteiger charge is 2.43. The van der Waals surface area contributed by atoms with Crippen LogP contribution in [0.5, 0.6) is 0 Å². The summed E-state index contributed by atoms with van der Waals surface area (Å²) in [4.78, 5) is 41.3. The molecular weight excluding hydrogens is 330 g/mol. The topological polar surface area (TPSA) is 92.8 Å². The van der Waals surface area contributed by atoms with Crippen LogP contribution in [0.25, 0.3) is 11.4 Å². The summed E-state index contributed by atoms with van der Waals surface area (Å²) in [5.74, 6) is -1.93. The Labute approximate surface area is 143 Å². The molecule has 1 heterocycles. The van der Waals surface area contributed by atoms with Crippen molar-refractivity contribution in [1.29, 1.82) is 0 Å². The highest BCUT2D eigenvalue weighted by atomic mass is 35.5. The average molecular weight is 346 g/mol. The standard InChI is InChI=1S/C17H16ClN3O3/c1-17(2)6-12(22)14(13(23)7-17)15(24)10-4-3-9(5-11(10)18)16-19-8-20-21-16/h3-5,8,14H,6-7H2,1-2H3,(H,19,20,21). The molecule has 0 atom stereocenters. The first kappa shape index (κ1) is 16.5. The van der Waals surface area contributed by atoms with Gasteiger partial charge in [-0.15, -0.1) is 0 Å². The Morgan fingerprint density at radius 2 is 1.92 bits per heavy atom. The van der Waals surface area contributed by atoms with E-state index in [4.69, 9.17) is 11.6 Å². The van der Waals surface area contributed by atoms with Gasteiger partial charge < -0.3 is 0 Å². The summed E-state index contributed by atoms with van der Waals surface area (Å²) >= 11 is 6.21. The molecule has 0 bridgehead atoms. The Balaban J connectivity index is 1.90. The second-order valence-corrected chi connectivity index (χ2v) is 7.18. The minimum Gasteiger partial charge on any atom is -0.298 e. The van der Waals surface area contributed by atoms with Crippen LogP contribution in [0, 0.1) is 11.3 Å². The fraction of sp³-hybridized carbons (Fsp3) is 0.353. The summed E-state index contributed by atoms with van der Waals surface area (Å²) in [5, 5.41) is 6.64. The number of H-pyrrole nitrogens is 1. The number of hydrogen-bond donors (Lipinski definition) is 1. The van der Waals surface area contributed by atoms with E-state index >= 15 is 0 Å². The van der Waals surface area contributed by atoms with Gasteiger partial charge in [0.1, 0.15) is 12.2 Å². The summed E-state index contributed by atoms with van der Waals surface area (Å²) in [5.41, 5.74) is 0.438. The molecule has 0 unspecified atom stereocenters. The van der Waals surface area contributed by atoms with E-state index in [0.29, 0.717) is 11.4 Å². The van der Waals surface area contributed by atoms with E-state index < -0.39 is 17.1 Å². The van der Waals surface area contributed by atoms with Gasteiger partial charge in [0.15, 0.2) is 23.2 Å². The summed E-state index contributed by atoms with van der Waals surface area (Å²) in [6.07, 6.45) is 1.79. The monoisotopic (exact) mass is 345 g/mol. The van der Waals surface area contributed by atoms with Crippen LogP contribution < -0.4 is 0 Å². The number of aromatic nitrogens is 3. The van der Waals surface area contributed by atoms with Crippen molar-refractivity contribution in [3.05, 3.63) is 35.1 Å². The third kappa shape index (κ3) is 3.01. The van der Waals surface area contributed by atoms with Crippen LogP contribution in [0.15, 0.2) is 24.5 Å². The van der Waals surface area contributed by atoms with Crippen LogP contribution >= 0.6 is 11.6 Å². The van der Waals surface area contributed by atoms with Crippen molar-refractivity contribution in [3.8, 4) is 11.4 Å². The number of aromatic amines is 1. The third-order valence-corrected chi connectivity index (χ3v) is 4.45. The summed E-state index contributed by atoms with van der Waals surface area (Å²) in [6, 6.07) is 4.74. The second-order valence-electron chi connectivity index (χ2n) is 6.78. The Morgan fingerprint density at radius 1 is 1.25 bits per heavy atom. The molecule has 1 aliphatic rings. The predicted octanol–water partition coefficient (Wildman–Crippen LogP) is 2.88. The molecular formula is C17H16ClN3O3. The van der Waals surface area contributed by atoms with Gasteiger partial charge in [0.25, 0.3) is 0 Å². The normalized spacial score (nSPS) is 18.0. The highest BCUT2D eigenvalue weighted by molar-refractivity contribution is 6.36. The van der Waals surface area contributed by atoms with Gasteiger partial charge in [0.2, 0.25) is 0 Å². The molecule has 0 spiro atoms. The van der Waals surface area contributed by atoms with Crippen molar-refractivity contribution in [3.63, 3.8) is 0 Å². The first-order chi connectivity index (χ1) is 11.3. The lowest BCUT2D eigenvalue weighted by Gasteiger charge is -2.31. The van der Waals surface area contributed by atoms with Gasteiger partial charge in [-0.05, 0) is 17.5 Å². The first-order valence-corrected chi connectivity index (χ1v) is 7.91. The van der Waals surface area contributed by atoms with E-state index in [1.165, 1.54) is 12.4 Å². The molecule has 0 saturated heterocycles. The third-order valence-electron chi connectivity index (χ3n) is 4.13. The smallest absolute Gasteiger partial charge is 0.182 e. The molecule has 1 aliphatic carbocycles. The zero-order valence-corrected chi connectivity index (χ0v) is 14.1. The first-order valence-electron chi connectivity index (χ1n) is 7.53. The van der Waals surface area contributed by atoms with Gasteiger partial charge in [0, 0.05) is 24.0 Å². The number of carbonyl (C=O) groups excluding carboxylic acids is 3. The van der Waals surface area contributed by atoms with Crippen molar-refractivity contribution >= 4 is 29.0 Å². The fourth-order valence-corrected chi connectivity index (χ4v) is 3.32. The molecule has 0 radical (unpaired) electrons. The largest absolute Gasteiger partial charge is 0.298 e. The van der Waals surface area contributed by atoms with Crippen molar-refractivity contribution in [2.45, 2.75) is 26.7 Å². The van der Waals surface area contributed by atoms with Gasteiger partial charge in [0.05, 0.1) is 5.02 Å². The molecule has 24 heavy (non-hydrogen) atoms.